The Labute approximate surface area is 96.9 Å². The molecule has 0 aromatic carbocycles. The van der Waals surface area contributed by atoms with E-state index in [0.717, 1.165) is 37.6 Å². The topological polar surface area (TPSA) is 49.8 Å². The molecule has 4 heteroatoms. The Kier molecular flexibility index (Phi) is 3.39. The zero-order chi connectivity index (χ0) is 11.5. The van der Waals surface area contributed by atoms with E-state index < -0.39 is 0 Å². The third-order valence-electron chi connectivity index (χ3n) is 2.81. The third kappa shape index (κ3) is 2.50. The number of anilines is 1. The van der Waals surface area contributed by atoms with E-state index in [2.05, 4.69) is 41.4 Å². The molecule has 1 aliphatic heterocycles. The predicted octanol–water partition coefficient (Wildman–Crippen LogP) is 1.29. The fourth-order valence-electron chi connectivity index (χ4n) is 2.06. The van der Waals surface area contributed by atoms with Gasteiger partial charge >= 0.3 is 0 Å². The first-order valence-corrected chi connectivity index (χ1v) is 6.00. The molecule has 0 amide bonds. The van der Waals surface area contributed by atoms with Gasteiger partial charge in [0.2, 0.25) is 5.95 Å². The normalized spacial score (nSPS) is 15.8. The van der Waals surface area contributed by atoms with E-state index in [9.17, 15) is 0 Å². The van der Waals surface area contributed by atoms with Crippen molar-refractivity contribution in [2.45, 2.75) is 39.7 Å². The Morgan fingerprint density at radius 1 is 1.19 bits per heavy atom. The van der Waals surface area contributed by atoms with Gasteiger partial charge in [-0.15, -0.1) is 0 Å². The van der Waals surface area contributed by atoms with E-state index in [4.69, 9.17) is 0 Å². The van der Waals surface area contributed by atoms with Crippen LogP contribution in [0.25, 0.3) is 0 Å². The van der Waals surface area contributed by atoms with Crippen LogP contribution >= 0.6 is 0 Å². The number of fused-ring (bicyclic) bond motifs is 1. The summed E-state index contributed by atoms with van der Waals surface area (Å²) in [6, 6.07) is 0.376. The molecule has 1 aromatic rings. The van der Waals surface area contributed by atoms with Gasteiger partial charge in [0.25, 0.3) is 0 Å². The van der Waals surface area contributed by atoms with Crippen LogP contribution in [-0.2, 0) is 12.8 Å². The quantitative estimate of drug-likeness (QED) is 0.788. The molecule has 0 atom stereocenters. The van der Waals surface area contributed by atoms with E-state index in [1.54, 1.807) is 0 Å². The SMILES string of the molecule is Cc1nc(NC(C)C)nc2c1CCNCC2. The Morgan fingerprint density at radius 2 is 1.94 bits per heavy atom. The second-order valence-electron chi connectivity index (χ2n) is 4.61. The summed E-state index contributed by atoms with van der Waals surface area (Å²) in [5, 5.41) is 6.67. The molecule has 1 aromatic heterocycles. The van der Waals surface area contributed by atoms with E-state index in [1.165, 1.54) is 11.3 Å². The molecule has 2 rings (SSSR count). The molecule has 0 bridgehead atoms. The molecule has 0 saturated heterocycles. The number of aromatic nitrogens is 2. The summed E-state index contributed by atoms with van der Waals surface area (Å²) in [5.74, 6) is 0.771. The van der Waals surface area contributed by atoms with Crippen molar-refractivity contribution < 1.29 is 0 Å². The molecule has 4 nitrogen and oxygen atoms in total. The first-order valence-electron chi connectivity index (χ1n) is 6.00. The lowest BCUT2D eigenvalue weighted by molar-refractivity contribution is 0.708. The Bertz CT molecular complexity index is 374. The van der Waals surface area contributed by atoms with Gasteiger partial charge in [0.05, 0.1) is 5.69 Å². The molecule has 16 heavy (non-hydrogen) atoms. The summed E-state index contributed by atoms with van der Waals surface area (Å²) in [6.45, 7) is 8.34. The second kappa shape index (κ2) is 4.78. The highest BCUT2D eigenvalue weighted by atomic mass is 15.1. The summed E-state index contributed by atoms with van der Waals surface area (Å²) in [7, 11) is 0. The van der Waals surface area contributed by atoms with Crippen LogP contribution in [0.15, 0.2) is 0 Å². The Balaban J connectivity index is 2.32. The summed E-state index contributed by atoms with van der Waals surface area (Å²) in [6.07, 6.45) is 2.05. The largest absolute Gasteiger partial charge is 0.352 e. The van der Waals surface area contributed by atoms with Crippen LogP contribution < -0.4 is 10.6 Å². The Hall–Kier alpha value is -1.16. The van der Waals surface area contributed by atoms with Gasteiger partial charge in [-0.2, -0.15) is 0 Å². The maximum absolute atomic E-state index is 4.61. The van der Waals surface area contributed by atoms with Crippen molar-refractivity contribution >= 4 is 5.95 Å². The van der Waals surface area contributed by atoms with Crippen molar-refractivity contribution in [1.82, 2.24) is 15.3 Å². The van der Waals surface area contributed by atoms with Crippen LogP contribution in [0.3, 0.4) is 0 Å². The van der Waals surface area contributed by atoms with Gasteiger partial charge in [-0.25, -0.2) is 9.97 Å². The van der Waals surface area contributed by atoms with Crippen molar-refractivity contribution in [2.75, 3.05) is 18.4 Å². The molecule has 88 valence electrons. The number of hydrogen-bond donors (Lipinski definition) is 2. The van der Waals surface area contributed by atoms with Crippen LogP contribution in [0.5, 0.6) is 0 Å². The fraction of sp³-hybridized carbons (Fsp3) is 0.667. The molecule has 2 heterocycles. The summed E-state index contributed by atoms with van der Waals surface area (Å²) >= 11 is 0. The maximum Gasteiger partial charge on any atom is 0.223 e. The van der Waals surface area contributed by atoms with Crippen molar-refractivity contribution in [1.29, 1.82) is 0 Å². The van der Waals surface area contributed by atoms with Gasteiger partial charge in [-0.1, -0.05) is 0 Å². The van der Waals surface area contributed by atoms with Crippen LogP contribution in [0.4, 0.5) is 5.95 Å². The third-order valence-corrected chi connectivity index (χ3v) is 2.81. The fourth-order valence-corrected chi connectivity index (χ4v) is 2.06. The van der Waals surface area contributed by atoms with E-state index in [-0.39, 0.29) is 0 Å². The van der Waals surface area contributed by atoms with Crippen molar-refractivity contribution in [3.8, 4) is 0 Å². The van der Waals surface area contributed by atoms with Crippen LogP contribution in [0.2, 0.25) is 0 Å². The number of aryl methyl sites for hydroxylation is 1. The smallest absolute Gasteiger partial charge is 0.223 e. The van der Waals surface area contributed by atoms with Crippen LogP contribution in [-0.4, -0.2) is 29.1 Å². The molecular weight excluding hydrogens is 200 g/mol. The van der Waals surface area contributed by atoms with E-state index in [0.29, 0.717) is 6.04 Å². The molecular formula is C12H20N4. The average Bonchev–Trinajstić information content (AvgIpc) is 2.41. The molecule has 0 aliphatic carbocycles. The zero-order valence-electron chi connectivity index (χ0n) is 10.3. The van der Waals surface area contributed by atoms with Crippen LogP contribution in [0, 0.1) is 6.92 Å². The molecule has 2 N–H and O–H groups in total. The van der Waals surface area contributed by atoms with Crippen molar-refractivity contribution in [3.05, 3.63) is 17.0 Å². The summed E-state index contributed by atoms with van der Waals surface area (Å²) < 4.78 is 0. The second-order valence-corrected chi connectivity index (χ2v) is 4.61. The van der Waals surface area contributed by atoms with Gasteiger partial charge in [-0.3, -0.25) is 0 Å². The van der Waals surface area contributed by atoms with Crippen LogP contribution in [0.1, 0.15) is 30.8 Å². The first-order chi connectivity index (χ1) is 7.66. The minimum Gasteiger partial charge on any atom is -0.352 e. The minimum absolute atomic E-state index is 0.376. The summed E-state index contributed by atoms with van der Waals surface area (Å²) in [4.78, 5) is 9.13. The number of nitrogens with one attached hydrogen (secondary N) is 2. The molecule has 1 aliphatic rings. The predicted molar refractivity (Wildman–Crippen MR) is 65.8 cm³/mol. The molecule has 0 unspecified atom stereocenters. The van der Waals surface area contributed by atoms with Gasteiger partial charge in [0.15, 0.2) is 0 Å². The Morgan fingerprint density at radius 3 is 2.69 bits per heavy atom. The van der Waals surface area contributed by atoms with Gasteiger partial charge < -0.3 is 10.6 Å². The lowest BCUT2D eigenvalue weighted by Gasteiger charge is -2.13. The molecule has 0 fully saturated rings. The van der Waals surface area contributed by atoms with Crippen molar-refractivity contribution in [2.24, 2.45) is 0 Å². The van der Waals surface area contributed by atoms with Gasteiger partial charge in [-0.05, 0) is 39.3 Å². The highest BCUT2D eigenvalue weighted by molar-refractivity contribution is 5.35. The number of hydrogen-bond acceptors (Lipinski definition) is 4. The molecule has 0 saturated carbocycles. The van der Waals surface area contributed by atoms with Gasteiger partial charge in [0, 0.05) is 24.7 Å². The average molecular weight is 220 g/mol. The highest BCUT2D eigenvalue weighted by Crippen LogP contribution is 2.16. The van der Waals surface area contributed by atoms with E-state index >= 15 is 0 Å². The monoisotopic (exact) mass is 220 g/mol. The lowest BCUT2D eigenvalue weighted by atomic mass is 10.1. The number of nitrogens with zero attached hydrogens (tertiary/aromatic N) is 2. The highest BCUT2D eigenvalue weighted by Gasteiger charge is 2.14. The van der Waals surface area contributed by atoms with E-state index in [1.807, 2.05) is 0 Å². The molecule has 0 spiro atoms. The first kappa shape index (κ1) is 11.3. The summed E-state index contributed by atoms with van der Waals surface area (Å²) in [5.41, 5.74) is 3.66. The molecule has 0 radical (unpaired) electrons. The maximum atomic E-state index is 4.61. The zero-order valence-corrected chi connectivity index (χ0v) is 10.3. The lowest BCUT2D eigenvalue weighted by Crippen LogP contribution is -2.16. The standard InChI is InChI=1S/C12H20N4/c1-8(2)14-12-15-9(3)10-4-6-13-7-5-11(10)16-12/h8,13H,4-7H2,1-3H3,(H,14,15,16). The van der Waals surface area contributed by atoms with Crippen molar-refractivity contribution in [3.63, 3.8) is 0 Å². The van der Waals surface area contributed by atoms with Gasteiger partial charge in [0.1, 0.15) is 0 Å². The minimum atomic E-state index is 0.376. The number of rotatable bonds is 2.